The summed E-state index contributed by atoms with van der Waals surface area (Å²) in [6.07, 6.45) is 3.58. The Bertz CT molecular complexity index is 443. The zero-order valence-corrected chi connectivity index (χ0v) is 8.65. The average Bonchev–Trinajstić information content (AvgIpc) is 2.49. The molecule has 0 aliphatic carbocycles. The first-order valence-corrected chi connectivity index (χ1v) is 4.53. The number of hydrogen-bond acceptors (Lipinski definition) is 3. The first-order chi connectivity index (χ1) is 6.66. The molecule has 0 atom stereocenters. The highest BCUT2D eigenvalue weighted by atomic mass is 35.5. The van der Waals surface area contributed by atoms with Gasteiger partial charge in [0, 0.05) is 25.5 Å². The second-order valence-corrected chi connectivity index (χ2v) is 3.37. The molecule has 0 spiro atoms. The standard InChI is InChI=1S/C9H9ClN4/c1-6-12-7(5-8(10)13-6)9-11-3-4-14(9)2/h3-5H,1-2H3. The van der Waals surface area contributed by atoms with E-state index in [0.717, 1.165) is 11.5 Å². The monoisotopic (exact) mass is 208 g/mol. The van der Waals surface area contributed by atoms with Crippen LogP contribution in [0.3, 0.4) is 0 Å². The molecule has 0 unspecified atom stereocenters. The van der Waals surface area contributed by atoms with Crippen LogP contribution >= 0.6 is 11.6 Å². The lowest BCUT2D eigenvalue weighted by atomic mass is 10.4. The van der Waals surface area contributed by atoms with Crippen molar-refractivity contribution in [3.8, 4) is 11.5 Å². The Labute approximate surface area is 86.6 Å². The fourth-order valence-corrected chi connectivity index (χ4v) is 1.48. The Kier molecular flexibility index (Phi) is 2.21. The SMILES string of the molecule is Cc1nc(Cl)cc(-c2nccn2C)n1. The van der Waals surface area contributed by atoms with Crippen LogP contribution < -0.4 is 0 Å². The minimum absolute atomic E-state index is 0.440. The van der Waals surface area contributed by atoms with Gasteiger partial charge >= 0.3 is 0 Å². The molecule has 0 aliphatic heterocycles. The van der Waals surface area contributed by atoms with E-state index in [0.29, 0.717) is 11.0 Å². The molecule has 4 nitrogen and oxygen atoms in total. The van der Waals surface area contributed by atoms with Gasteiger partial charge in [0.25, 0.3) is 0 Å². The average molecular weight is 209 g/mol. The Morgan fingerprint density at radius 1 is 1.36 bits per heavy atom. The summed E-state index contributed by atoms with van der Waals surface area (Å²) < 4.78 is 1.89. The van der Waals surface area contributed by atoms with Crippen LogP contribution in [0.2, 0.25) is 5.15 Å². The predicted octanol–water partition coefficient (Wildman–Crippen LogP) is 1.84. The second kappa shape index (κ2) is 3.38. The molecule has 0 aliphatic rings. The summed E-state index contributed by atoms with van der Waals surface area (Å²) in [5.41, 5.74) is 0.745. The summed E-state index contributed by atoms with van der Waals surface area (Å²) in [6.45, 7) is 1.80. The predicted molar refractivity (Wildman–Crippen MR) is 54.0 cm³/mol. The van der Waals surface area contributed by atoms with Crippen LogP contribution in [0.15, 0.2) is 18.5 Å². The number of imidazole rings is 1. The second-order valence-electron chi connectivity index (χ2n) is 2.98. The molecule has 0 amide bonds. The normalized spacial score (nSPS) is 10.5. The van der Waals surface area contributed by atoms with E-state index in [1.54, 1.807) is 19.2 Å². The van der Waals surface area contributed by atoms with E-state index in [-0.39, 0.29) is 0 Å². The molecule has 2 aromatic rings. The number of rotatable bonds is 1. The van der Waals surface area contributed by atoms with Gasteiger partial charge in [0.1, 0.15) is 16.7 Å². The lowest BCUT2D eigenvalue weighted by molar-refractivity contribution is 0.910. The van der Waals surface area contributed by atoms with Gasteiger partial charge in [0.15, 0.2) is 5.82 Å². The van der Waals surface area contributed by atoms with Gasteiger partial charge in [0.2, 0.25) is 0 Å². The van der Waals surface area contributed by atoms with Gasteiger partial charge in [-0.15, -0.1) is 0 Å². The van der Waals surface area contributed by atoms with Gasteiger partial charge in [-0.1, -0.05) is 11.6 Å². The smallest absolute Gasteiger partial charge is 0.158 e. The highest BCUT2D eigenvalue weighted by Crippen LogP contribution is 2.17. The fraction of sp³-hybridized carbons (Fsp3) is 0.222. The third kappa shape index (κ3) is 1.61. The van der Waals surface area contributed by atoms with Crippen LogP contribution in [0.4, 0.5) is 0 Å². The minimum atomic E-state index is 0.440. The van der Waals surface area contributed by atoms with Crippen molar-refractivity contribution in [2.75, 3.05) is 0 Å². The molecule has 2 aromatic heterocycles. The highest BCUT2D eigenvalue weighted by molar-refractivity contribution is 6.29. The number of nitrogens with zero attached hydrogens (tertiary/aromatic N) is 4. The number of hydrogen-bond donors (Lipinski definition) is 0. The largest absolute Gasteiger partial charge is 0.333 e. The van der Waals surface area contributed by atoms with Gasteiger partial charge in [-0.25, -0.2) is 15.0 Å². The summed E-state index contributed by atoms with van der Waals surface area (Å²) in [7, 11) is 1.91. The summed E-state index contributed by atoms with van der Waals surface area (Å²) in [6, 6.07) is 1.71. The van der Waals surface area contributed by atoms with Crippen LogP contribution in [0, 0.1) is 6.92 Å². The number of aromatic nitrogens is 4. The molecule has 72 valence electrons. The Hall–Kier alpha value is -1.42. The maximum absolute atomic E-state index is 5.83. The molecule has 2 rings (SSSR count). The summed E-state index contributed by atoms with van der Waals surface area (Å²) >= 11 is 5.83. The van der Waals surface area contributed by atoms with E-state index >= 15 is 0 Å². The molecule has 0 bridgehead atoms. The summed E-state index contributed by atoms with van der Waals surface area (Å²) in [5.74, 6) is 1.44. The summed E-state index contributed by atoms with van der Waals surface area (Å²) in [5, 5.41) is 0.440. The molecule has 0 fully saturated rings. The number of halogens is 1. The molecule has 0 saturated carbocycles. The van der Waals surface area contributed by atoms with Crippen molar-refractivity contribution in [2.24, 2.45) is 7.05 Å². The lowest BCUT2D eigenvalue weighted by Gasteiger charge is -2.02. The molecule has 0 saturated heterocycles. The molecule has 14 heavy (non-hydrogen) atoms. The maximum Gasteiger partial charge on any atom is 0.158 e. The third-order valence-electron chi connectivity index (χ3n) is 1.86. The van der Waals surface area contributed by atoms with Crippen molar-refractivity contribution in [3.05, 3.63) is 29.4 Å². The van der Waals surface area contributed by atoms with Crippen molar-refractivity contribution >= 4 is 11.6 Å². The highest BCUT2D eigenvalue weighted by Gasteiger charge is 2.06. The van der Waals surface area contributed by atoms with Crippen LogP contribution in [0.5, 0.6) is 0 Å². The van der Waals surface area contributed by atoms with E-state index < -0.39 is 0 Å². The fourth-order valence-electron chi connectivity index (χ4n) is 1.26. The zero-order valence-electron chi connectivity index (χ0n) is 7.90. The van der Waals surface area contributed by atoms with Crippen molar-refractivity contribution in [3.63, 3.8) is 0 Å². The van der Waals surface area contributed by atoms with Crippen LogP contribution in [-0.4, -0.2) is 19.5 Å². The first kappa shape index (κ1) is 9.15. The van der Waals surface area contributed by atoms with Crippen LogP contribution in [0.25, 0.3) is 11.5 Å². The third-order valence-corrected chi connectivity index (χ3v) is 2.05. The van der Waals surface area contributed by atoms with Gasteiger partial charge in [-0.05, 0) is 6.92 Å². The minimum Gasteiger partial charge on any atom is -0.333 e. The van der Waals surface area contributed by atoms with Crippen molar-refractivity contribution in [1.82, 2.24) is 19.5 Å². The Morgan fingerprint density at radius 3 is 2.71 bits per heavy atom. The number of aryl methyl sites for hydroxylation is 2. The molecule has 0 aromatic carbocycles. The molecular weight excluding hydrogens is 200 g/mol. The Balaban J connectivity index is 2.57. The van der Waals surface area contributed by atoms with E-state index in [1.807, 2.05) is 17.8 Å². The lowest BCUT2D eigenvalue weighted by Crippen LogP contribution is -1.97. The van der Waals surface area contributed by atoms with Crippen LogP contribution in [0.1, 0.15) is 5.82 Å². The zero-order chi connectivity index (χ0) is 10.1. The first-order valence-electron chi connectivity index (χ1n) is 4.15. The van der Waals surface area contributed by atoms with Crippen LogP contribution in [-0.2, 0) is 7.05 Å². The van der Waals surface area contributed by atoms with E-state index in [4.69, 9.17) is 11.6 Å². The van der Waals surface area contributed by atoms with Crippen molar-refractivity contribution in [1.29, 1.82) is 0 Å². The van der Waals surface area contributed by atoms with Gasteiger partial charge in [-0.2, -0.15) is 0 Å². The van der Waals surface area contributed by atoms with Gasteiger partial charge < -0.3 is 4.57 Å². The maximum atomic E-state index is 5.83. The molecule has 0 radical (unpaired) electrons. The van der Waals surface area contributed by atoms with Crippen molar-refractivity contribution in [2.45, 2.75) is 6.92 Å². The molecule has 2 heterocycles. The quantitative estimate of drug-likeness (QED) is 0.672. The Morgan fingerprint density at radius 2 is 2.14 bits per heavy atom. The van der Waals surface area contributed by atoms with Crippen molar-refractivity contribution < 1.29 is 0 Å². The van der Waals surface area contributed by atoms with E-state index in [9.17, 15) is 0 Å². The molecule has 5 heteroatoms. The molecular formula is C9H9ClN4. The van der Waals surface area contributed by atoms with Gasteiger partial charge in [-0.3, -0.25) is 0 Å². The summed E-state index contributed by atoms with van der Waals surface area (Å²) in [4.78, 5) is 12.4. The molecule has 0 N–H and O–H groups in total. The van der Waals surface area contributed by atoms with E-state index in [2.05, 4.69) is 15.0 Å². The topological polar surface area (TPSA) is 43.6 Å². The van der Waals surface area contributed by atoms with Gasteiger partial charge in [0.05, 0.1) is 0 Å². The van der Waals surface area contributed by atoms with E-state index in [1.165, 1.54) is 0 Å².